The average Bonchev–Trinajstić information content (AvgIpc) is 4.24. The fraction of sp³-hybridized carbons (Fsp3) is 0.220. The first-order chi connectivity index (χ1) is 29.6. The number of benzene rings is 6. The van der Waals surface area contributed by atoms with E-state index in [4.69, 9.17) is 39.0 Å². The standard InChI is InChI=1S/C20H20O5.C16H16O3.C14H12O3/c21-20(15-3-7-17(8-4-15)23-11-19-13-25-19)9-14-1-5-16(6-2-14)22-10-18-12-24-18;1-19-15-8-4-12(5-9-15)10-16(18)14-6-2-13(11-17)3-7-14;15-12-5-1-10(2-6-12)9-14(17)11-3-7-13(16)8-4-11/h1-8,18-19H,9-13H2;2-9,17H,10-11H2,1H3;1-8,15-16H,9H2. The molecule has 0 radical (unpaired) electrons. The quantitative estimate of drug-likeness (QED) is 0.0607. The van der Waals surface area contributed by atoms with Crippen molar-refractivity contribution in [3.05, 3.63) is 185 Å². The van der Waals surface area contributed by atoms with Crippen molar-refractivity contribution < 1.29 is 53.4 Å². The summed E-state index contributed by atoms with van der Waals surface area (Å²) >= 11 is 0. The Hall–Kier alpha value is -6.79. The van der Waals surface area contributed by atoms with E-state index in [0.717, 1.165) is 52.7 Å². The van der Waals surface area contributed by atoms with Gasteiger partial charge in [0.15, 0.2) is 17.3 Å². The van der Waals surface area contributed by atoms with Crippen molar-refractivity contribution in [1.82, 2.24) is 0 Å². The normalized spacial score (nSPS) is 14.5. The van der Waals surface area contributed by atoms with E-state index < -0.39 is 0 Å². The van der Waals surface area contributed by atoms with Gasteiger partial charge in [0.25, 0.3) is 0 Å². The van der Waals surface area contributed by atoms with E-state index in [0.29, 0.717) is 42.7 Å². The summed E-state index contributed by atoms with van der Waals surface area (Å²) in [4.78, 5) is 36.3. The lowest BCUT2D eigenvalue weighted by molar-refractivity contribution is 0.0984. The van der Waals surface area contributed by atoms with Crippen LogP contribution in [0.5, 0.6) is 28.7 Å². The van der Waals surface area contributed by atoms with Gasteiger partial charge in [0.1, 0.15) is 54.2 Å². The Morgan fingerprint density at radius 2 is 0.770 bits per heavy atom. The minimum atomic E-state index is -0.0179. The van der Waals surface area contributed by atoms with E-state index in [1.807, 2.05) is 60.7 Å². The molecule has 0 aromatic heterocycles. The van der Waals surface area contributed by atoms with Gasteiger partial charge in [0, 0.05) is 36.0 Å². The highest BCUT2D eigenvalue weighted by atomic mass is 16.6. The third-order valence-electron chi connectivity index (χ3n) is 9.61. The van der Waals surface area contributed by atoms with Crippen molar-refractivity contribution in [3.63, 3.8) is 0 Å². The molecule has 2 heterocycles. The molecule has 2 fully saturated rings. The fourth-order valence-electron chi connectivity index (χ4n) is 5.81. The van der Waals surface area contributed by atoms with Crippen LogP contribution in [-0.4, -0.2) is 78.4 Å². The maximum absolute atomic E-state index is 12.4. The van der Waals surface area contributed by atoms with Crippen LogP contribution in [0.3, 0.4) is 0 Å². The molecule has 8 rings (SSSR count). The summed E-state index contributed by atoms with van der Waals surface area (Å²) in [7, 11) is 1.61. The SMILES string of the molecule is COc1ccc(CC(=O)c2ccc(CO)cc2)cc1.O=C(Cc1ccc(O)cc1)c1ccc(O)cc1.O=C(Cc1ccc(OCC2CO2)cc1)c1ccc(OCC2CO2)cc1. The topological polar surface area (TPSA) is 165 Å². The third kappa shape index (κ3) is 14.8. The third-order valence-corrected chi connectivity index (χ3v) is 9.61. The van der Waals surface area contributed by atoms with Crippen molar-refractivity contribution in [2.75, 3.05) is 33.5 Å². The lowest BCUT2D eigenvalue weighted by Crippen LogP contribution is -2.06. The Balaban J connectivity index is 0.000000157. The van der Waals surface area contributed by atoms with Gasteiger partial charge in [-0.25, -0.2) is 0 Å². The van der Waals surface area contributed by atoms with Crippen LogP contribution in [0.25, 0.3) is 0 Å². The number of aliphatic hydroxyl groups is 1. The number of hydrogen-bond acceptors (Lipinski definition) is 11. The fourth-order valence-corrected chi connectivity index (χ4v) is 5.81. The lowest BCUT2D eigenvalue weighted by Gasteiger charge is -2.07. The summed E-state index contributed by atoms with van der Waals surface area (Å²) in [6.45, 7) is 2.70. The average molecular weight is 825 g/mol. The number of epoxide rings is 2. The van der Waals surface area contributed by atoms with Crippen molar-refractivity contribution in [3.8, 4) is 28.7 Å². The minimum absolute atomic E-state index is 0.00699. The molecule has 2 aliphatic rings. The molecule has 0 aliphatic carbocycles. The summed E-state index contributed by atoms with van der Waals surface area (Å²) in [5, 5.41) is 27.2. The largest absolute Gasteiger partial charge is 0.508 e. The predicted octanol–water partition coefficient (Wildman–Crippen LogP) is 7.80. The Kier molecular flexibility index (Phi) is 15.8. The van der Waals surface area contributed by atoms with Gasteiger partial charge >= 0.3 is 0 Å². The van der Waals surface area contributed by atoms with E-state index in [2.05, 4.69) is 0 Å². The highest BCUT2D eigenvalue weighted by molar-refractivity contribution is 5.98. The second kappa shape index (κ2) is 22.0. The molecule has 0 bridgehead atoms. The number of ether oxygens (including phenoxy) is 5. The smallest absolute Gasteiger partial charge is 0.167 e. The number of hydrogen-bond donors (Lipinski definition) is 3. The van der Waals surface area contributed by atoms with Gasteiger partial charge in [-0.2, -0.15) is 0 Å². The Bertz CT molecular complexity index is 2300. The van der Waals surface area contributed by atoms with E-state index >= 15 is 0 Å². The molecule has 11 nitrogen and oxygen atoms in total. The second-order valence-electron chi connectivity index (χ2n) is 14.4. The Labute approximate surface area is 354 Å². The number of carbonyl (C=O) groups excluding carboxylic acids is 3. The first-order valence-corrected chi connectivity index (χ1v) is 19.8. The molecule has 11 heteroatoms. The van der Waals surface area contributed by atoms with Gasteiger partial charge in [-0.05, 0) is 107 Å². The van der Waals surface area contributed by atoms with E-state index in [1.54, 1.807) is 79.9 Å². The van der Waals surface area contributed by atoms with Crippen molar-refractivity contribution in [2.24, 2.45) is 0 Å². The molecule has 6 aromatic carbocycles. The molecule has 61 heavy (non-hydrogen) atoms. The Morgan fingerprint density at radius 1 is 0.475 bits per heavy atom. The molecule has 0 saturated carbocycles. The van der Waals surface area contributed by atoms with Gasteiger partial charge < -0.3 is 39.0 Å². The lowest BCUT2D eigenvalue weighted by atomic mass is 10.0. The highest BCUT2D eigenvalue weighted by Gasteiger charge is 2.24. The van der Waals surface area contributed by atoms with Crippen molar-refractivity contribution in [2.45, 2.75) is 38.1 Å². The summed E-state index contributed by atoms with van der Waals surface area (Å²) in [5.41, 5.74) is 5.48. The second-order valence-corrected chi connectivity index (χ2v) is 14.4. The van der Waals surface area contributed by atoms with Crippen molar-refractivity contribution in [1.29, 1.82) is 0 Å². The number of carbonyl (C=O) groups is 3. The molecule has 3 N–H and O–H groups in total. The van der Waals surface area contributed by atoms with Crippen molar-refractivity contribution >= 4 is 17.3 Å². The predicted molar refractivity (Wildman–Crippen MR) is 229 cm³/mol. The number of aliphatic hydroxyl groups excluding tert-OH is 1. The zero-order valence-electron chi connectivity index (χ0n) is 33.8. The van der Waals surface area contributed by atoms with Gasteiger partial charge in [-0.1, -0.05) is 60.7 Å². The highest BCUT2D eigenvalue weighted by Crippen LogP contribution is 2.20. The van der Waals surface area contributed by atoms with Crippen LogP contribution >= 0.6 is 0 Å². The van der Waals surface area contributed by atoms with E-state index in [1.165, 1.54) is 12.1 Å². The van der Waals surface area contributed by atoms with Crippen LogP contribution in [0.15, 0.2) is 146 Å². The Morgan fingerprint density at radius 3 is 1.13 bits per heavy atom. The number of methoxy groups -OCH3 is 1. The number of phenols is 2. The molecular formula is C50H48O11. The summed E-state index contributed by atoms with van der Waals surface area (Å²) < 4.78 is 26.5. The van der Waals surface area contributed by atoms with Crippen LogP contribution in [0.4, 0.5) is 0 Å². The summed E-state index contributed by atoms with van der Waals surface area (Å²) in [6, 6.07) is 42.1. The van der Waals surface area contributed by atoms with Gasteiger partial charge in [-0.15, -0.1) is 0 Å². The number of phenolic OH excluding ortho intramolecular Hbond substituents is 2. The number of rotatable bonds is 17. The molecule has 2 aliphatic heterocycles. The van der Waals surface area contributed by atoms with Gasteiger partial charge in [0.2, 0.25) is 0 Å². The molecule has 0 amide bonds. The van der Waals surface area contributed by atoms with E-state index in [9.17, 15) is 14.4 Å². The molecular weight excluding hydrogens is 777 g/mol. The van der Waals surface area contributed by atoms with Crippen LogP contribution in [0, 0.1) is 0 Å². The number of aromatic hydroxyl groups is 2. The zero-order valence-corrected chi connectivity index (χ0v) is 33.8. The van der Waals surface area contributed by atoms with Crippen LogP contribution in [0.2, 0.25) is 0 Å². The molecule has 314 valence electrons. The van der Waals surface area contributed by atoms with E-state index in [-0.39, 0.29) is 54.1 Å². The summed E-state index contributed by atoms with van der Waals surface area (Å²) in [5.74, 6) is 2.80. The molecule has 2 unspecified atom stereocenters. The molecule has 2 atom stereocenters. The van der Waals surface area contributed by atoms with Crippen LogP contribution in [-0.2, 0) is 35.3 Å². The zero-order chi connectivity index (χ0) is 43.0. The number of Topliss-reactive ketones (excluding diaryl/α,β-unsaturated/α-hetero) is 3. The first-order valence-electron chi connectivity index (χ1n) is 19.8. The van der Waals surface area contributed by atoms with Crippen LogP contribution in [0.1, 0.15) is 53.3 Å². The number of ketones is 3. The minimum Gasteiger partial charge on any atom is -0.508 e. The molecule has 0 spiro atoms. The van der Waals surface area contributed by atoms with Gasteiger partial charge in [0.05, 0.1) is 26.9 Å². The molecule has 6 aromatic rings. The first kappa shape index (κ1) is 43.8. The monoisotopic (exact) mass is 824 g/mol. The molecule has 2 saturated heterocycles. The maximum atomic E-state index is 12.4. The van der Waals surface area contributed by atoms with Gasteiger partial charge in [-0.3, -0.25) is 14.4 Å². The van der Waals surface area contributed by atoms with Crippen LogP contribution < -0.4 is 14.2 Å². The maximum Gasteiger partial charge on any atom is 0.167 e. The summed E-state index contributed by atoms with van der Waals surface area (Å²) in [6.07, 6.45) is 1.48.